The van der Waals surface area contributed by atoms with Crippen LogP contribution in [0.2, 0.25) is 0 Å². The van der Waals surface area contributed by atoms with Gasteiger partial charge in [-0.05, 0) is 75.4 Å². The van der Waals surface area contributed by atoms with Gasteiger partial charge in [-0.25, -0.2) is 22.8 Å². The molecule has 15 heteroatoms. The summed E-state index contributed by atoms with van der Waals surface area (Å²) in [7, 11) is 0. The lowest BCUT2D eigenvalue weighted by Gasteiger charge is -2.35. The number of benzene rings is 2. The molecule has 3 aliphatic heterocycles. The van der Waals surface area contributed by atoms with Gasteiger partial charge in [-0.3, -0.25) is 9.59 Å². The van der Waals surface area contributed by atoms with Gasteiger partial charge >= 0.3 is 12.2 Å². The number of nitrogens with zero attached hydrogens (tertiary/aromatic N) is 4. The lowest BCUT2D eigenvalue weighted by Crippen LogP contribution is -2.50. The minimum atomic E-state index is -2.74. The molecule has 288 valence electrons. The summed E-state index contributed by atoms with van der Waals surface area (Å²) >= 11 is 0. The second kappa shape index (κ2) is 15.8. The lowest BCUT2D eigenvalue weighted by atomic mass is 9.81. The summed E-state index contributed by atoms with van der Waals surface area (Å²) < 4.78 is 60.5. The number of hydrogen-bond donors (Lipinski definition) is 1. The van der Waals surface area contributed by atoms with Crippen LogP contribution in [0.3, 0.4) is 0 Å². The largest absolute Gasteiger partial charge is 0.488 e. The number of carbonyl (C=O) groups is 4. The number of likely N-dealkylation sites (tertiary alicyclic amines) is 1. The number of nitrogens with one attached hydrogen (secondary N) is 1. The molecule has 1 saturated carbocycles. The van der Waals surface area contributed by atoms with Crippen molar-refractivity contribution in [2.75, 3.05) is 65.4 Å². The van der Waals surface area contributed by atoms with Gasteiger partial charge in [0.2, 0.25) is 5.92 Å². The van der Waals surface area contributed by atoms with Crippen molar-refractivity contribution in [1.82, 2.24) is 24.9 Å². The molecule has 3 heterocycles. The molecule has 0 radical (unpaired) electrons. The Balaban J connectivity index is 1.12. The zero-order chi connectivity index (χ0) is 37.9. The van der Waals surface area contributed by atoms with E-state index in [1.807, 2.05) is 0 Å². The van der Waals surface area contributed by atoms with Gasteiger partial charge < -0.3 is 39.1 Å². The first-order valence-electron chi connectivity index (χ1n) is 18.4. The van der Waals surface area contributed by atoms with E-state index in [-0.39, 0.29) is 75.4 Å². The van der Waals surface area contributed by atoms with Gasteiger partial charge in [0, 0.05) is 83.7 Å². The molecule has 1 N–H and O–H groups in total. The minimum absolute atomic E-state index is 0.0805. The fourth-order valence-corrected chi connectivity index (χ4v) is 7.20. The Morgan fingerprint density at radius 3 is 2.11 bits per heavy atom. The predicted molar refractivity (Wildman–Crippen MR) is 188 cm³/mol. The molecular formula is C38H48F3N5O7. The van der Waals surface area contributed by atoms with Crippen LogP contribution in [0, 0.1) is 5.82 Å². The van der Waals surface area contributed by atoms with Crippen LogP contribution in [0.1, 0.15) is 85.1 Å². The number of halogens is 3. The highest BCUT2D eigenvalue weighted by Gasteiger charge is 2.38. The van der Waals surface area contributed by atoms with Crippen LogP contribution in [-0.2, 0) is 4.74 Å². The van der Waals surface area contributed by atoms with E-state index in [0.29, 0.717) is 62.6 Å². The summed E-state index contributed by atoms with van der Waals surface area (Å²) in [5.41, 5.74) is 0.342. The van der Waals surface area contributed by atoms with Gasteiger partial charge in [-0.1, -0.05) is 6.07 Å². The van der Waals surface area contributed by atoms with E-state index in [1.165, 1.54) is 21.9 Å². The Hall–Kier alpha value is -4.53. The Kier molecular flexibility index (Phi) is 11.4. The maximum absolute atomic E-state index is 14.9. The van der Waals surface area contributed by atoms with Gasteiger partial charge in [-0.15, -0.1) is 0 Å². The van der Waals surface area contributed by atoms with Gasteiger partial charge in [0.15, 0.2) is 11.6 Å². The van der Waals surface area contributed by atoms with Crippen molar-refractivity contribution >= 4 is 24.0 Å². The second-order valence-corrected chi connectivity index (χ2v) is 15.1. The second-order valence-electron chi connectivity index (χ2n) is 15.1. The summed E-state index contributed by atoms with van der Waals surface area (Å²) in [6, 6.07) is 9.02. The third-order valence-electron chi connectivity index (χ3n) is 10.1. The molecule has 2 aromatic rings. The summed E-state index contributed by atoms with van der Waals surface area (Å²) in [6.45, 7) is 8.84. The summed E-state index contributed by atoms with van der Waals surface area (Å²) in [5, 5.41) is 3.13. The number of ether oxygens (including phenoxy) is 3. The number of piperazine rings is 2. The number of rotatable bonds is 6. The van der Waals surface area contributed by atoms with Gasteiger partial charge in [0.05, 0.1) is 12.1 Å². The summed E-state index contributed by atoms with van der Waals surface area (Å²) in [6.07, 6.45) is -0.960. The maximum Gasteiger partial charge on any atom is 0.415 e. The van der Waals surface area contributed by atoms with Gasteiger partial charge in [0.1, 0.15) is 17.5 Å². The van der Waals surface area contributed by atoms with E-state index in [9.17, 15) is 32.3 Å². The molecule has 4 amide bonds. The fraction of sp³-hybridized carbons (Fsp3) is 0.579. The molecule has 53 heavy (non-hydrogen) atoms. The first-order chi connectivity index (χ1) is 25.2. The molecule has 3 saturated heterocycles. The van der Waals surface area contributed by atoms with Crippen molar-refractivity contribution in [2.45, 2.75) is 76.4 Å². The SMILES string of the molecule is CC(C)(C)OC(=O)N1CC[C@H](Oc2ccc(C(=O)N3CCN(C(=O)c4cccc(F)c4OC(=O)N4CCNCC4)CC3)cc2C2CCC(F)(F)CC2)C1. The van der Waals surface area contributed by atoms with E-state index in [1.54, 1.807) is 48.8 Å². The molecule has 0 bridgehead atoms. The zero-order valence-electron chi connectivity index (χ0n) is 30.5. The topological polar surface area (TPSA) is 121 Å². The van der Waals surface area contributed by atoms with Crippen molar-refractivity contribution in [1.29, 1.82) is 0 Å². The fourth-order valence-electron chi connectivity index (χ4n) is 7.20. The quantitative estimate of drug-likeness (QED) is 0.412. The number of amides is 4. The average molecular weight is 744 g/mol. The van der Waals surface area contributed by atoms with Crippen LogP contribution in [0.25, 0.3) is 0 Å². The molecule has 4 fully saturated rings. The highest BCUT2D eigenvalue weighted by Crippen LogP contribution is 2.44. The zero-order valence-corrected chi connectivity index (χ0v) is 30.5. The summed E-state index contributed by atoms with van der Waals surface area (Å²) in [4.78, 5) is 58.9. The first kappa shape index (κ1) is 38.2. The molecule has 0 unspecified atom stereocenters. The van der Waals surface area contributed by atoms with Gasteiger partial charge in [-0.2, -0.15) is 0 Å². The summed E-state index contributed by atoms with van der Waals surface area (Å²) in [5.74, 6) is -4.52. The molecule has 0 spiro atoms. The van der Waals surface area contributed by atoms with E-state index >= 15 is 0 Å². The van der Waals surface area contributed by atoms with Crippen LogP contribution in [0.15, 0.2) is 36.4 Å². The van der Waals surface area contributed by atoms with Crippen LogP contribution in [0.5, 0.6) is 11.5 Å². The number of para-hydroxylation sites is 1. The number of carbonyl (C=O) groups excluding carboxylic acids is 4. The van der Waals surface area contributed by atoms with Crippen LogP contribution >= 0.6 is 0 Å². The molecule has 2 aromatic carbocycles. The third kappa shape index (κ3) is 9.35. The predicted octanol–water partition coefficient (Wildman–Crippen LogP) is 5.51. The Labute approximate surface area is 307 Å². The lowest BCUT2D eigenvalue weighted by molar-refractivity contribution is -0.0384. The third-order valence-corrected chi connectivity index (χ3v) is 10.1. The molecule has 12 nitrogen and oxygen atoms in total. The maximum atomic E-state index is 14.9. The van der Waals surface area contributed by atoms with E-state index in [2.05, 4.69) is 5.32 Å². The molecule has 1 atom stereocenters. The van der Waals surface area contributed by atoms with E-state index < -0.39 is 41.2 Å². The molecule has 4 aliphatic rings. The van der Waals surface area contributed by atoms with Crippen LogP contribution in [0.4, 0.5) is 22.8 Å². The van der Waals surface area contributed by atoms with Crippen LogP contribution < -0.4 is 14.8 Å². The number of alkyl halides is 2. The Bertz CT molecular complexity index is 1680. The van der Waals surface area contributed by atoms with E-state index in [0.717, 1.165) is 6.07 Å². The standard InChI is InChI=1S/C38H48F3N5O7/c1-37(2,3)53-36(50)46-16-11-27(24-46)51-31-8-7-26(23-29(31)25-9-12-38(40,41)13-10-25)33(47)43-19-21-44(22-20-43)34(48)28-5-4-6-30(39)32(28)52-35(49)45-17-14-42-15-18-45/h4-8,23,25,27,42H,9-22,24H2,1-3H3/t27-/m0/s1. The molecule has 6 rings (SSSR count). The normalized spacial score (nSPS) is 21.0. The highest BCUT2D eigenvalue weighted by molar-refractivity contribution is 5.98. The van der Waals surface area contributed by atoms with E-state index in [4.69, 9.17) is 14.2 Å². The van der Waals surface area contributed by atoms with Crippen molar-refractivity contribution < 1.29 is 46.6 Å². The minimum Gasteiger partial charge on any atom is -0.488 e. The Morgan fingerprint density at radius 2 is 1.45 bits per heavy atom. The first-order valence-corrected chi connectivity index (χ1v) is 18.4. The van der Waals surface area contributed by atoms with Gasteiger partial charge in [0.25, 0.3) is 11.8 Å². The smallest absolute Gasteiger partial charge is 0.415 e. The van der Waals surface area contributed by atoms with Crippen molar-refractivity contribution in [3.05, 3.63) is 58.9 Å². The van der Waals surface area contributed by atoms with Crippen LogP contribution in [-0.4, -0.2) is 127 Å². The monoisotopic (exact) mass is 743 g/mol. The number of hydrogen-bond acceptors (Lipinski definition) is 8. The Morgan fingerprint density at radius 1 is 0.792 bits per heavy atom. The highest BCUT2D eigenvalue weighted by atomic mass is 19.3. The van der Waals surface area contributed by atoms with Crippen molar-refractivity contribution in [3.8, 4) is 11.5 Å². The van der Waals surface area contributed by atoms with Crippen molar-refractivity contribution in [3.63, 3.8) is 0 Å². The van der Waals surface area contributed by atoms with Crippen molar-refractivity contribution in [2.24, 2.45) is 0 Å². The molecular weight excluding hydrogens is 695 g/mol. The molecule has 0 aromatic heterocycles. The average Bonchev–Trinajstić information content (AvgIpc) is 3.61. The molecule has 1 aliphatic carbocycles.